The van der Waals surface area contributed by atoms with E-state index in [1.54, 1.807) is 6.07 Å². The molecule has 0 amide bonds. The first-order chi connectivity index (χ1) is 4.20. The molecule has 1 rings (SSSR count). The van der Waals surface area contributed by atoms with Crippen molar-refractivity contribution in [1.82, 2.24) is 0 Å². The molecule has 0 aliphatic carbocycles. The van der Waals surface area contributed by atoms with E-state index >= 15 is 0 Å². The molecule has 0 saturated carbocycles. The van der Waals surface area contributed by atoms with Gasteiger partial charge in [0.1, 0.15) is 0 Å². The maximum atomic E-state index is 8.85. The van der Waals surface area contributed by atoms with Crippen LogP contribution < -0.4 is 0 Å². The van der Waals surface area contributed by atoms with Gasteiger partial charge in [-0.3, -0.25) is 0 Å². The minimum absolute atomic E-state index is 0.0602. The molecule has 0 aliphatic rings. The molecule has 0 atom stereocenters. The van der Waals surface area contributed by atoms with Gasteiger partial charge in [0.05, 0.1) is 0 Å². The average molecular weight is 122 g/mol. The van der Waals surface area contributed by atoms with Crippen molar-refractivity contribution in [2.45, 2.75) is 6.92 Å². The van der Waals surface area contributed by atoms with Crippen LogP contribution in [-0.4, -0.2) is 17.1 Å². The fourth-order valence-corrected chi connectivity index (χ4v) is 0.633. The minimum atomic E-state index is -0.0689. The van der Waals surface area contributed by atoms with Crippen molar-refractivity contribution in [2.75, 3.05) is 0 Å². The maximum absolute atomic E-state index is 8.85. The van der Waals surface area contributed by atoms with Gasteiger partial charge in [0, 0.05) is 0 Å². The van der Waals surface area contributed by atoms with Crippen LogP contribution in [0.3, 0.4) is 0 Å². The van der Waals surface area contributed by atoms with Crippen LogP contribution in [0.15, 0.2) is 12.1 Å². The number of aromatic hydroxyl groups is 2. The van der Waals surface area contributed by atoms with Crippen LogP contribution in [0.25, 0.3) is 0 Å². The summed E-state index contributed by atoms with van der Waals surface area (Å²) < 4.78 is 0. The normalized spacial score (nSPS) is 9.00. The van der Waals surface area contributed by atoms with Crippen molar-refractivity contribution in [2.24, 2.45) is 0 Å². The first-order valence-electron chi connectivity index (χ1n) is 2.69. The fraction of sp³-hybridized carbons (Fsp3) is 0.167. The Morgan fingerprint density at radius 1 is 1.33 bits per heavy atom. The molecule has 0 unspecified atom stereocenters. The molecule has 2 N–H and O–H groups in total. The Balaban J connectivity index is 3.17. The summed E-state index contributed by atoms with van der Waals surface area (Å²) in [4.78, 5) is 0. The zero-order chi connectivity index (χ0) is 6.85. The molecule has 46 valence electrons. The molecule has 0 saturated heterocycles. The third-order valence-corrected chi connectivity index (χ3v) is 1.13. The Labute approximate surface area is 54.0 Å². The van der Waals surface area contributed by atoms with E-state index in [0.717, 1.165) is 5.46 Å². The van der Waals surface area contributed by atoms with Gasteiger partial charge in [-0.2, -0.15) is 0 Å². The van der Waals surface area contributed by atoms with Crippen molar-refractivity contribution in [3.63, 3.8) is 0 Å². The van der Waals surface area contributed by atoms with E-state index in [1.165, 1.54) is 13.0 Å². The van der Waals surface area contributed by atoms with Crippen LogP contribution >= 0.6 is 0 Å². The Morgan fingerprint density at radius 3 is 2.44 bits per heavy atom. The third kappa shape index (κ3) is 1.22. The van der Waals surface area contributed by atoms with Crippen LogP contribution in [0.5, 0.6) is 11.4 Å². The zero-order valence-corrected chi connectivity index (χ0v) is 5.13. The second-order valence-corrected chi connectivity index (χ2v) is 1.99. The van der Waals surface area contributed by atoms with Crippen molar-refractivity contribution >= 4 is 6.91 Å². The summed E-state index contributed by atoms with van der Waals surface area (Å²) in [6, 6.07) is 3.19. The first-order valence-corrected chi connectivity index (χ1v) is 2.69. The zero-order valence-electron chi connectivity index (χ0n) is 5.13. The SMILES string of the molecule is Cc1bc(O)c(O)cc1. The van der Waals surface area contributed by atoms with Crippen molar-refractivity contribution in [1.29, 1.82) is 0 Å². The van der Waals surface area contributed by atoms with Gasteiger partial charge in [-0.1, -0.05) is 0 Å². The number of hydrogen-bond donors (Lipinski definition) is 2. The number of hydrogen-bond acceptors (Lipinski definition) is 2. The van der Waals surface area contributed by atoms with E-state index in [0.29, 0.717) is 0 Å². The number of rotatable bonds is 0. The first kappa shape index (κ1) is 6.14. The molecule has 9 heavy (non-hydrogen) atoms. The molecule has 3 heteroatoms. The summed E-state index contributed by atoms with van der Waals surface area (Å²) in [5.74, 6) is -0.0689. The Hall–Kier alpha value is -0.985. The molecule has 0 spiro atoms. The fourth-order valence-electron chi connectivity index (χ4n) is 0.633. The van der Waals surface area contributed by atoms with E-state index in [4.69, 9.17) is 10.2 Å². The second-order valence-electron chi connectivity index (χ2n) is 1.99. The van der Waals surface area contributed by atoms with Gasteiger partial charge in [-0.15, -0.1) is 0 Å². The van der Waals surface area contributed by atoms with Crippen LogP contribution in [0.4, 0.5) is 0 Å². The molecule has 1 aromatic rings. The van der Waals surface area contributed by atoms with Gasteiger partial charge < -0.3 is 0 Å². The van der Waals surface area contributed by atoms with E-state index in [1.807, 2.05) is 6.92 Å². The second kappa shape index (κ2) is 2.09. The Morgan fingerprint density at radius 2 is 2.00 bits per heavy atom. The summed E-state index contributed by atoms with van der Waals surface area (Å²) in [6.07, 6.45) is 0. The molecule has 0 fully saturated rings. The molecular formula is C6H7BO2. The predicted molar refractivity (Wildman–Crippen MR) is 35.9 cm³/mol. The van der Waals surface area contributed by atoms with E-state index < -0.39 is 0 Å². The summed E-state index contributed by atoms with van der Waals surface area (Å²) in [5, 5.41) is 17.6. The molecule has 1 heterocycles. The van der Waals surface area contributed by atoms with Crippen molar-refractivity contribution in [3.8, 4) is 11.4 Å². The van der Waals surface area contributed by atoms with Crippen LogP contribution in [0.2, 0.25) is 0 Å². The molecule has 0 aliphatic heterocycles. The molecular weight excluding hydrogens is 115 g/mol. The predicted octanol–water partition coefficient (Wildman–Crippen LogP) is 0.744. The van der Waals surface area contributed by atoms with Crippen molar-refractivity contribution in [3.05, 3.63) is 17.6 Å². The van der Waals surface area contributed by atoms with E-state index in [-0.39, 0.29) is 11.4 Å². The molecule has 0 radical (unpaired) electrons. The standard InChI is InChI=1S/C6H7BO2/c1-4-2-3-5(8)6(9)7-4/h2-3,8-9H,1H3. The molecule has 1 aromatic heterocycles. The van der Waals surface area contributed by atoms with Gasteiger partial charge in [0.2, 0.25) is 0 Å². The number of aryl methyl sites for hydroxylation is 1. The van der Waals surface area contributed by atoms with Gasteiger partial charge >= 0.3 is 53.0 Å². The Kier molecular flexibility index (Phi) is 1.43. The summed E-state index contributed by atoms with van der Waals surface area (Å²) in [5.41, 5.74) is 0.875. The quantitative estimate of drug-likeness (QED) is 0.532. The molecule has 2 nitrogen and oxygen atoms in total. The van der Waals surface area contributed by atoms with Crippen molar-refractivity contribution < 1.29 is 10.2 Å². The third-order valence-electron chi connectivity index (χ3n) is 1.13. The van der Waals surface area contributed by atoms with Gasteiger partial charge in [0.25, 0.3) is 0 Å². The van der Waals surface area contributed by atoms with Crippen LogP contribution in [0.1, 0.15) is 5.46 Å². The van der Waals surface area contributed by atoms with Gasteiger partial charge in [0.15, 0.2) is 0 Å². The average Bonchev–Trinajstić information content (AvgIpc) is 1.80. The summed E-state index contributed by atoms with van der Waals surface area (Å²) >= 11 is 0. The van der Waals surface area contributed by atoms with E-state index in [2.05, 4.69) is 0 Å². The molecule has 0 bridgehead atoms. The van der Waals surface area contributed by atoms with Gasteiger partial charge in [-0.05, 0) is 0 Å². The van der Waals surface area contributed by atoms with Gasteiger partial charge in [-0.25, -0.2) is 0 Å². The topological polar surface area (TPSA) is 40.5 Å². The Bertz CT molecular complexity index is 222. The molecule has 0 aromatic carbocycles. The van der Waals surface area contributed by atoms with E-state index in [9.17, 15) is 0 Å². The summed E-state index contributed by atoms with van der Waals surface area (Å²) in [7, 11) is 0. The summed E-state index contributed by atoms with van der Waals surface area (Å²) in [6.45, 7) is 3.36. The van der Waals surface area contributed by atoms with Crippen LogP contribution in [-0.2, 0) is 0 Å². The monoisotopic (exact) mass is 122 g/mol. The van der Waals surface area contributed by atoms with Crippen LogP contribution in [0, 0.1) is 6.92 Å².